The summed E-state index contributed by atoms with van der Waals surface area (Å²) in [5, 5.41) is 35.6. The number of oxime groups is 1. The fraction of sp³-hybridized carbons (Fsp3) is 0.500. The second-order valence-electron chi connectivity index (χ2n) is 9.89. The number of aliphatic hydroxyl groups is 3. The van der Waals surface area contributed by atoms with Gasteiger partial charge in [0.05, 0.1) is 48.3 Å². The molecule has 3 N–H and O–H groups in total. The van der Waals surface area contributed by atoms with E-state index in [1.54, 1.807) is 12.1 Å². The molecular formula is C26H28F2N2O8. The number of imide groups is 1. The highest BCUT2D eigenvalue weighted by Crippen LogP contribution is 2.50. The van der Waals surface area contributed by atoms with Gasteiger partial charge in [0.2, 0.25) is 11.8 Å². The van der Waals surface area contributed by atoms with Crippen molar-refractivity contribution in [3.63, 3.8) is 0 Å². The molecule has 7 atom stereocenters. The molecule has 1 saturated heterocycles. The van der Waals surface area contributed by atoms with Crippen molar-refractivity contribution in [2.45, 2.75) is 44.2 Å². The number of halogens is 2. The monoisotopic (exact) mass is 534 g/mol. The average molecular weight is 535 g/mol. The van der Waals surface area contributed by atoms with Crippen LogP contribution in [0, 0.1) is 35.3 Å². The maximum Gasteiger partial charge on any atom is 0.238 e. The van der Waals surface area contributed by atoms with Gasteiger partial charge >= 0.3 is 0 Å². The quantitative estimate of drug-likeness (QED) is 0.344. The smallest absolute Gasteiger partial charge is 0.238 e. The Hall–Kier alpha value is -3.19. The largest absolute Gasteiger partial charge is 0.467 e. The van der Waals surface area contributed by atoms with Gasteiger partial charge in [0, 0.05) is 24.3 Å². The van der Waals surface area contributed by atoms with E-state index < -0.39 is 65.4 Å². The van der Waals surface area contributed by atoms with Gasteiger partial charge in [0.1, 0.15) is 36.7 Å². The van der Waals surface area contributed by atoms with Gasteiger partial charge in [-0.15, -0.1) is 0 Å². The maximum absolute atomic E-state index is 14.5. The predicted octanol–water partition coefficient (Wildman–Crippen LogP) is 1.77. The highest BCUT2D eigenvalue weighted by molar-refractivity contribution is 6.22. The third-order valence-corrected chi connectivity index (χ3v) is 7.51. The molecule has 3 fully saturated rings. The number of carbonyl (C=O) groups is 2. The van der Waals surface area contributed by atoms with Gasteiger partial charge in [-0.2, -0.15) is 0 Å². The molecule has 2 saturated carbocycles. The number of amides is 2. The van der Waals surface area contributed by atoms with Crippen molar-refractivity contribution in [3.05, 3.63) is 54.0 Å². The van der Waals surface area contributed by atoms with Crippen LogP contribution >= 0.6 is 0 Å². The molecule has 5 rings (SSSR count). The van der Waals surface area contributed by atoms with Crippen LogP contribution < -0.4 is 4.90 Å². The van der Waals surface area contributed by atoms with Crippen molar-refractivity contribution in [1.29, 1.82) is 0 Å². The lowest BCUT2D eigenvalue weighted by Crippen LogP contribution is -2.54. The van der Waals surface area contributed by atoms with Crippen molar-refractivity contribution in [3.8, 4) is 0 Å². The van der Waals surface area contributed by atoms with Crippen molar-refractivity contribution in [2.24, 2.45) is 28.8 Å². The number of furan rings is 1. The van der Waals surface area contributed by atoms with Crippen LogP contribution in [0.4, 0.5) is 14.5 Å². The van der Waals surface area contributed by atoms with Crippen LogP contribution in [-0.2, 0) is 25.8 Å². The summed E-state index contributed by atoms with van der Waals surface area (Å²) in [5.41, 5.74) is 0.0558. The first-order valence-corrected chi connectivity index (χ1v) is 12.4. The number of benzene rings is 1. The molecule has 2 aliphatic carbocycles. The molecule has 2 amide bonds. The third kappa shape index (κ3) is 4.96. The van der Waals surface area contributed by atoms with Crippen LogP contribution in [-0.4, -0.2) is 64.4 Å². The number of rotatable bonds is 8. The number of fused-ring (bicyclic) bond motifs is 3. The molecule has 0 bridgehead atoms. The van der Waals surface area contributed by atoms with Gasteiger partial charge in [-0.05, 0) is 37.1 Å². The van der Waals surface area contributed by atoms with Gasteiger partial charge in [-0.1, -0.05) is 5.16 Å². The Balaban J connectivity index is 1.28. The van der Waals surface area contributed by atoms with E-state index in [0.717, 1.165) is 12.1 Å². The fourth-order valence-electron chi connectivity index (χ4n) is 5.82. The highest BCUT2D eigenvalue weighted by atomic mass is 19.1. The lowest BCUT2D eigenvalue weighted by molar-refractivity contribution is -0.132. The van der Waals surface area contributed by atoms with Crippen LogP contribution in [0.15, 0.2) is 46.2 Å². The Morgan fingerprint density at radius 1 is 1.11 bits per heavy atom. The molecule has 0 radical (unpaired) electrons. The van der Waals surface area contributed by atoms with E-state index in [2.05, 4.69) is 5.16 Å². The van der Waals surface area contributed by atoms with Crippen LogP contribution in [0.1, 0.15) is 25.0 Å². The molecule has 1 aromatic heterocycles. The van der Waals surface area contributed by atoms with Crippen LogP contribution in [0.25, 0.3) is 0 Å². The molecule has 1 aromatic carbocycles. The minimum absolute atomic E-state index is 0.0107. The van der Waals surface area contributed by atoms with Crippen molar-refractivity contribution in [1.82, 2.24) is 0 Å². The Morgan fingerprint density at radius 2 is 1.89 bits per heavy atom. The van der Waals surface area contributed by atoms with E-state index in [0.29, 0.717) is 28.9 Å². The van der Waals surface area contributed by atoms with Gasteiger partial charge in [0.25, 0.3) is 0 Å². The van der Waals surface area contributed by atoms with E-state index in [-0.39, 0.29) is 38.3 Å². The zero-order chi connectivity index (χ0) is 27.0. The van der Waals surface area contributed by atoms with Crippen molar-refractivity contribution < 1.29 is 47.7 Å². The first kappa shape index (κ1) is 26.4. The molecular weight excluding hydrogens is 506 g/mol. The lowest BCUT2D eigenvalue weighted by Gasteiger charge is -2.45. The molecule has 2 heterocycles. The van der Waals surface area contributed by atoms with Gasteiger partial charge in [-0.25, -0.2) is 13.7 Å². The molecule has 0 unspecified atom stereocenters. The minimum atomic E-state index is -1.32. The van der Waals surface area contributed by atoms with E-state index in [1.165, 1.54) is 6.26 Å². The van der Waals surface area contributed by atoms with E-state index >= 15 is 0 Å². The SMILES string of the molecule is O=C1[C@H]2[C@H]3[C@H](O)[C@H](O)CC(=NOC[C@@H](O)COCc4ccco4)[C@H]3CC[C@H]2C(=O)N1c1ccc(F)cc1F. The zero-order valence-corrected chi connectivity index (χ0v) is 20.3. The number of aliphatic hydroxyl groups excluding tert-OH is 3. The molecule has 12 heteroatoms. The molecule has 204 valence electrons. The summed E-state index contributed by atoms with van der Waals surface area (Å²) in [7, 11) is 0. The van der Waals surface area contributed by atoms with E-state index in [9.17, 15) is 33.7 Å². The number of hydrogen-bond acceptors (Lipinski definition) is 9. The van der Waals surface area contributed by atoms with Crippen molar-refractivity contribution in [2.75, 3.05) is 18.1 Å². The molecule has 10 nitrogen and oxygen atoms in total. The van der Waals surface area contributed by atoms with E-state index in [4.69, 9.17) is 14.0 Å². The summed E-state index contributed by atoms with van der Waals surface area (Å²) >= 11 is 0. The number of anilines is 1. The number of hydrogen-bond donors (Lipinski definition) is 3. The topological polar surface area (TPSA) is 142 Å². The zero-order valence-electron chi connectivity index (χ0n) is 20.3. The summed E-state index contributed by atoms with van der Waals surface area (Å²) in [4.78, 5) is 32.6. The number of ether oxygens (including phenoxy) is 1. The Bertz CT molecular complexity index is 1210. The normalized spacial score (nSPS) is 30.9. The summed E-state index contributed by atoms with van der Waals surface area (Å²) < 4.78 is 38.4. The third-order valence-electron chi connectivity index (χ3n) is 7.51. The second kappa shape index (κ2) is 10.9. The van der Waals surface area contributed by atoms with Crippen LogP contribution in [0.2, 0.25) is 0 Å². The number of carbonyl (C=O) groups excluding carboxylic acids is 2. The Labute approximate surface area is 216 Å². The first-order chi connectivity index (χ1) is 18.3. The Kier molecular flexibility index (Phi) is 7.57. The molecule has 1 aliphatic heterocycles. The lowest BCUT2D eigenvalue weighted by atomic mass is 9.60. The molecule has 38 heavy (non-hydrogen) atoms. The Morgan fingerprint density at radius 3 is 2.63 bits per heavy atom. The van der Waals surface area contributed by atoms with Gasteiger partial charge in [-0.3, -0.25) is 9.59 Å². The van der Waals surface area contributed by atoms with Gasteiger partial charge < -0.3 is 29.3 Å². The average Bonchev–Trinajstić information content (AvgIpc) is 3.49. The van der Waals surface area contributed by atoms with Crippen LogP contribution in [0.5, 0.6) is 0 Å². The highest BCUT2D eigenvalue weighted by Gasteiger charge is 2.60. The molecule has 0 spiro atoms. The fourth-order valence-corrected chi connectivity index (χ4v) is 5.82. The molecule has 2 aromatic rings. The van der Waals surface area contributed by atoms with E-state index in [1.807, 2.05) is 0 Å². The molecule has 3 aliphatic rings. The summed E-state index contributed by atoms with van der Waals surface area (Å²) in [5.74, 6) is -5.78. The number of nitrogens with zero attached hydrogens (tertiary/aromatic N) is 2. The predicted molar refractivity (Wildman–Crippen MR) is 126 cm³/mol. The second-order valence-corrected chi connectivity index (χ2v) is 9.89. The van der Waals surface area contributed by atoms with Gasteiger partial charge in [0.15, 0.2) is 0 Å². The maximum atomic E-state index is 14.5. The first-order valence-electron chi connectivity index (χ1n) is 12.4. The summed E-state index contributed by atoms with van der Waals surface area (Å²) in [6.45, 7) is -0.0472. The minimum Gasteiger partial charge on any atom is -0.467 e. The van der Waals surface area contributed by atoms with Crippen LogP contribution in [0.3, 0.4) is 0 Å². The summed E-state index contributed by atoms with van der Waals surface area (Å²) in [6.07, 6.45) is -1.41. The van der Waals surface area contributed by atoms with Crippen molar-refractivity contribution >= 4 is 23.2 Å². The standard InChI is InChI=1S/C26H28F2N2O8/c27-13-3-6-20(18(28)8-13)30-25(34)17-5-4-16-19(9-21(32)24(33)22(16)23(17)26(30)35)29-38-11-14(31)10-36-12-15-2-1-7-37-15/h1-3,6-8,14,16-17,21-24,31-33H,4-5,9-12H2/t14-,16+,17+,21+,22-,23+,24+/m0/s1. The summed E-state index contributed by atoms with van der Waals surface area (Å²) in [6, 6.07) is 6.05.